The molecule has 0 aliphatic rings. The first kappa shape index (κ1) is 18.1. The lowest BCUT2D eigenvalue weighted by molar-refractivity contribution is 0.0259. The van der Waals surface area contributed by atoms with Gasteiger partial charge in [-0.1, -0.05) is 19.9 Å². The molecule has 6 nitrogen and oxygen atoms in total. The number of halogens is 1. The van der Waals surface area contributed by atoms with Crippen LogP contribution in [0.4, 0.5) is 4.39 Å². The third-order valence-corrected chi connectivity index (χ3v) is 3.15. The van der Waals surface area contributed by atoms with Gasteiger partial charge in [-0.3, -0.25) is 4.79 Å². The average molecular weight is 335 g/mol. The monoisotopic (exact) mass is 335 g/mol. The zero-order valence-electron chi connectivity index (χ0n) is 13.8. The predicted molar refractivity (Wildman–Crippen MR) is 87.5 cm³/mol. The van der Waals surface area contributed by atoms with Gasteiger partial charge in [-0.05, 0) is 30.2 Å². The molecule has 1 aromatic heterocycles. The summed E-state index contributed by atoms with van der Waals surface area (Å²) in [7, 11) is 0. The Kier molecular flexibility index (Phi) is 6.45. The van der Waals surface area contributed by atoms with Crippen LogP contribution in [0.25, 0.3) is 5.69 Å². The molecule has 1 aromatic carbocycles. The number of benzene rings is 1. The molecule has 1 heterocycles. The summed E-state index contributed by atoms with van der Waals surface area (Å²) < 4.78 is 19.9. The maximum atomic E-state index is 13.2. The lowest BCUT2D eigenvalue weighted by Gasteiger charge is -2.13. The molecule has 2 aromatic rings. The van der Waals surface area contributed by atoms with Crippen molar-refractivity contribution in [3.05, 3.63) is 48.0 Å². The number of rotatable bonds is 8. The first-order chi connectivity index (χ1) is 11.5. The highest BCUT2D eigenvalue weighted by molar-refractivity contribution is 5.92. The van der Waals surface area contributed by atoms with Crippen LogP contribution in [0.2, 0.25) is 0 Å². The fourth-order valence-electron chi connectivity index (χ4n) is 2.01. The molecule has 0 saturated carbocycles. The van der Waals surface area contributed by atoms with E-state index in [1.807, 2.05) is 13.8 Å². The Hall–Kier alpha value is -2.25. The molecule has 2 N–H and O–H groups in total. The molecular weight excluding hydrogens is 313 g/mol. The maximum Gasteiger partial charge on any atom is 0.271 e. The second kappa shape index (κ2) is 8.56. The topological polar surface area (TPSA) is 76.4 Å². The Labute approximate surface area is 140 Å². The van der Waals surface area contributed by atoms with E-state index in [0.29, 0.717) is 18.2 Å². The lowest BCUT2D eigenvalue weighted by atomic mass is 10.2. The number of ether oxygens (including phenoxy) is 1. The molecule has 1 amide bonds. The third-order valence-electron chi connectivity index (χ3n) is 3.15. The summed E-state index contributed by atoms with van der Waals surface area (Å²) >= 11 is 0. The molecule has 0 aliphatic heterocycles. The Morgan fingerprint density at radius 1 is 1.38 bits per heavy atom. The van der Waals surface area contributed by atoms with Gasteiger partial charge in [0.1, 0.15) is 5.82 Å². The number of hydrogen-bond donors (Lipinski definition) is 2. The van der Waals surface area contributed by atoms with Gasteiger partial charge < -0.3 is 15.2 Å². The van der Waals surface area contributed by atoms with Crippen molar-refractivity contribution in [1.29, 1.82) is 0 Å². The maximum absolute atomic E-state index is 13.2. The average Bonchev–Trinajstić information content (AvgIpc) is 3.02. The van der Waals surface area contributed by atoms with Gasteiger partial charge in [-0.15, -0.1) is 0 Å². The van der Waals surface area contributed by atoms with Crippen molar-refractivity contribution in [1.82, 2.24) is 15.1 Å². The summed E-state index contributed by atoms with van der Waals surface area (Å²) in [4.78, 5) is 12.0. The zero-order valence-corrected chi connectivity index (χ0v) is 13.8. The van der Waals surface area contributed by atoms with E-state index in [1.165, 1.54) is 22.9 Å². The van der Waals surface area contributed by atoms with E-state index < -0.39 is 12.0 Å². The first-order valence-corrected chi connectivity index (χ1v) is 7.81. The molecule has 0 radical (unpaired) electrons. The molecule has 2 rings (SSSR count). The number of amides is 1. The highest BCUT2D eigenvalue weighted by atomic mass is 19.1. The van der Waals surface area contributed by atoms with Crippen LogP contribution in [-0.4, -0.2) is 46.7 Å². The molecule has 7 heteroatoms. The normalized spacial score (nSPS) is 12.4. The van der Waals surface area contributed by atoms with Crippen LogP contribution in [0.3, 0.4) is 0 Å². The Morgan fingerprint density at radius 2 is 2.17 bits per heavy atom. The lowest BCUT2D eigenvalue weighted by Crippen LogP contribution is -2.35. The van der Waals surface area contributed by atoms with Crippen molar-refractivity contribution in [2.75, 3.05) is 19.8 Å². The number of nitrogens with one attached hydrogen (secondary N) is 1. The van der Waals surface area contributed by atoms with Crippen LogP contribution < -0.4 is 5.32 Å². The minimum absolute atomic E-state index is 0.0732. The Bertz CT molecular complexity index is 673. The Balaban J connectivity index is 1.85. The van der Waals surface area contributed by atoms with Gasteiger partial charge in [0.05, 0.1) is 18.4 Å². The molecule has 24 heavy (non-hydrogen) atoms. The first-order valence-electron chi connectivity index (χ1n) is 7.81. The van der Waals surface area contributed by atoms with Gasteiger partial charge in [0.15, 0.2) is 5.69 Å². The van der Waals surface area contributed by atoms with Gasteiger partial charge >= 0.3 is 0 Å². The van der Waals surface area contributed by atoms with Gasteiger partial charge in [0.2, 0.25) is 0 Å². The molecule has 0 bridgehead atoms. The van der Waals surface area contributed by atoms with Crippen LogP contribution >= 0.6 is 0 Å². The van der Waals surface area contributed by atoms with Crippen LogP contribution in [0.15, 0.2) is 36.5 Å². The summed E-state index contributed by atoms with van der Waals surface area (Å²) in [6.07, 6.45) is 0.796. The van der Waals surface area contributed by atoms with Crippen molar-refractivity contribution in [3.63, 3.8) is 0 Å². The summed E-state index contributed by atoms with van der Waals surface area (Å²) in [5.41, 5.74) is 0.714. The number of carbonyl (C=O) groups is 1. The van der Waals surface area contributed by atoms with Crippen LogP contribution in [0.5, 0.6) is 0 Å². The number of nitrogens with zero attached hydrogens (tertiary/aromatic N) is 2. The second-order valence-corrected chi connectivity index (χ2v) is 5.92. The number of carbonyl (C=O) groups excluding carboxylic acids is 1. The van der Waals surface area contributed by atoms with Crippen LogP contribution in [0.1, 0.15) is 24.3 Å². The van der Waals surface area contributed by atoms with E-state index in [0.717, 1.165) is 0 Å². The van der Waals surface area contributed by atoms with E-state index >= 15 is 0 Å². The van der Waals surface area contributed by atoms with Gasteiger partial charge in [0.25, 0.3) is 5.91 Å². The van der Waals surface area contributed by atoms with E-state index in [-0.39, 0.29) is 24.7 Å². The number of hydrogen-bond acceptors (Lipinski definition) is 4. The minimum Gasteiger partial charge on any atom is -0.389 e. The summed E-state index contributed by atoms with van der Waals surface area (Å²) in [5, 5.41) is 16.5. The summed E-state index contributed by atoms with van der Waals surface area (Å²) in [5.74, 6) is -0.398. The van der Waals surface area contributed by atoms with Gasteiger partial charge in [-0.25, -0.2) is 9.07 Å². The SMILES string of the molecule is CC(C)COCC(O)CNC(=O)c1ccn(-c2cccc(F)c2)n1. The largest absolute Gasteiger partial charge is 0.389 e. The van der Waals surface area contributed by atoms with Crippen molar-refractivity contribution >= 4 is 5.91 Å². The van der Waals surface area contributed by atoms with Crippen LogP contribution in [0, 0.1) is 11.7 Å². The van der Waals surface area contributed by atoms with Crippen molar-refractivity contribution < 1.29 is 19.0 Å². The van der Waals surface area contributed by atoms with Gasteiger partial charge in [-0.2, -0.15) is 5.10 Å². The van der Waals surface area contributed by atoms with E-state index in [2.05, 4.69) is 10.4 Å². The molecule has 0 saturated heterocycles. The molecule has 1 unspecified atom stereocenters. The standard InChI is InChI=1S/C17H22FN3O3/c1-12(2)10-24-11-15(22)9-19-17(23)16-6-7-21(20-16)14-5-3-4-13(18)8-14/h3-8,12,15,22H,9-11H2,1-2H3,(H,19,23). The fraction of sp³-hybridized carbons (Fsp3) is 0.412. The van der Waals surface area contributed by atoms with Crippen LogP contribution in [-0.2, 0) is 4.74 Å². The molecule has 130 valence electrons. The van der Waals surface area contributed by atoms with E-state index in [4.69, 9.17) is 4.74 Å². The molecular formula is C17H22FN3O3. The number of aliphatic hydroxyl groups excluding tert-OH is 1. The predicted octanol–water partition coefficient (Wildman–Crippen LogP) is 1.77. The number of aliphatic hydroxyl groups is 1. The van der Waals surface area contributed by atoms with Crippen molar-refractivity contribution in [2.24, 2.45) is 5.92 Å². The van der Waals surface area contributed by atoms with E-state index in [1.54, 1.807) is 18.3 Å². The summed E-state index contributed by atoms with van der Waals surface area (Å²) in [6, 6.07) is 7.45. The fourth-order valence-corrected chi connectivity index (χ4v) is 2.01. The smallest absolute Gasteiger partial charge is 0.271 e. The van der Waals surface area contributed by atoms with E-state index in [9.17, 15) is 14.3 Å². The van der Waals surface area contributed by atoms with Gasteiger partial charge in [0, 0.05) is 19.3 Å². The quantitative estimate of drug-likeness (QED) is 0.771. The molecule has 0 aliphatic carbocycles. The molecule has 0 spiro atoms. The van der Waals surface area contributed by atoms with Crippen molar-refractivity contribution in [2.45, 2.75) is 20.0 Å². The highest BCUT2D eigenvalue weighted by Gasteiger charge is 2.12. The Morgan fingerprint density at radius 3 is 2.88 bits per heavy atom. The summed E-state index contributed by atoms with van der Waals surface area (Å²) in [6.45, 7) is 4.83. The van der Waals surface area contributed by atoms with Crippen molar-refractivity contribution in [3.8, 4) is 5.69 Å². The minimum atomic E-state index is -0.780. The highest BCUT2D eigenvalue weighted by Crippen LogP contribution is 2.09. The number of aromatic nitrogens is 2. The third kappa shape index (κ3) is 5.43. The molecule has 1 atom stereocenters. The molecule has 0 fully saturated rings. The second-order valence-electron chi connectivity index (χ2n) is 5.92. The zero-order chi connectivity index (χ0) is 17.5.